The molecule has 1 aromatic rings. The standard InChI is InChI=1S/C11H17NO/c1-6-5-8(7(2)13-6)9-10(12)11(9,3)4/h5,9-10H,12H2,1-4H3. The second-order valence-corrected chi connectivity index (χ2v) is 4.69. The zero-order valence-electron chi connectivity index (χ0n) is 8.72. The van der Waals surface area contributed by atoms with Crippen LogP contribution in [-0.4, -0.2) is 6.04 Å². The summed E-state index contributed by atoms with van der Waals surface area (Å²) in [6.45, 7) is 8.43. The minimum Gasteiger partial charge on any atom is -0.466 e. The molecule has 13 heavy (non-hydrogen) atoms. The van der Waals surface area contributed by atoms with Crippen LogP contribution in [0.5, 0.6) is 0 Å². The van der Waals surface area contributed by atoms with Gasteiger partial charge < -0.3 is 10.2 Å². The van der Waals surface area contributed by atoms with Crippen LogP contribution in [0.4, 0.5) is 0 Å². The molecule has 0 amide bonds. The largest absolute Gasteiger partial charge is 0.466 e. The summed E-state index contributed by atoms with van der Waals surface area (Å²) in [4.78, 5) is 0. The highest BCUT2D eigenvalue weighted by molar-refractivity contribution is 5.36. The van der Waals surface area contributed by atoms with E-state index in [9.17, 15) is 0 Å². The van der Waals surface area contributed by atoms with Crippen molar-refractivity contribution >= 4 is 0 Å². The van der Waals surface area contributed by atoms with E-state index < -0.39 is 0 Å². The van der Waals surface area contributed by atoms with Crippen molar-refractivity contribution in [1.29, 1.82) is 0 Å². The lowest BCUT2D eigenvalue weighted by Gasteiger charge is -1.99. The van der Waals surface area contributed by atoms with Crippen molar-refractivity contribution in [3.05, 3.63) is 23.2 Å². The number of nitrogens with two attached hydrogens (primary N) is 1. The van der Waals surface area contributed by atoms with Crippen LogP contribution in [0.2, 0.25) is 0 Å². The molecule has 72 valence electrons. The lowest BCUT2D eigenvalue weighted by Crippen LogP contribution is -2.06. The third-order valence-electron chi connectivity index (χ3n) is 3.33. The van der Waals surface area contributed by atoms with E-state index in [1.165, 1.54) is 5.56 Å². The van der Waals surface area contributed by atoms with Crippen LogP contribution < -0.4 is 5.73 Å². The lowest BCUT2D eigenvalue weighted by molar-refractivity contribution is 0.498. The van der Waals surface area contributed by atoms with E-state index in [-0.39, 0.29) is 5.41 Å². The predicted octanol–water partition coefficient (Wildman–Crippen LogP) is 2.35. The van der Waals surface area contributed by atoms with Crippen molar-refractivity contribution < 1.29 is 4.42 Å². The first kappa shape index (κ1) is 8.82. The third-order valence-corrected chi connectivity index (χ3v) is 3.33. The van der Waals surface area contributed by atoms with E-state index in [0.717, 1.165) is 11.5 Å². The van der Waals surface area contributed by atoms with Crippen molar-refractivity contribution in [2.75, 3.05) is 0 Å². The molecule has 1 saturated carbocycles. The second kappa shape index (κ2) is 2.38. The molecule has 2 unspecified atom stereocenters. The van der Waals surface area contributed by atoms with Crippen molar-refractivity contribution in [3.63, 3.8) is 0 Å². The highest BCUT2D eigenvalue weighted by Crippen LogP contribution is 2.58. The summed E-state index contributed by atoms with van der Waals surface area (Å²) in [5.41, 5.74) is 7.56. The fraction of sp³-hybridized carbons (Fsp3) is 0.636. The van der Waals surface area contributed by atoms with E-state index in [1.807, 2.05) is 13.8 Å². The maximum absolute atomic E-state index is 6.01. The lowest BCUT2D eigenvalue weighted by atomic mass is 10.0. The molecule has 0 bridgehead atoms. The molecule has 2 N–H and O–H groups in total. The Kier molecular flexibility index (Phi) is 1.62. The first-order valence-corrected chi connectivity index (χ1v) is 4.77. The van der Waals surface area contributed by atoms with Gasteiger partial charge in [-0.1, -0.05) is 13.8 Å². The molecule has 2 atom stereocenters. The van der Waals surface area contributed by atoms with Gasteiger partial charge in [0.1, 0.15) is 11.5 Å². The zero-order chi connectivity index (χ0) is 9.80. The van der Waals surface area contributed by atoms with E-state index in [2.05, 4.69) is 19.9 Å². The molecular weight excluding hydrogens is 162 g/mol. The Morgan fingerprint density at radius 2 is 1.92 bits per heavy atom. The Hall–Kier alpha value is -0.760. The van der Waals surface area contributed by atoms with Gasteiger partial charge in [-0.3, -0.25) is 0 Å². The van der Waals surface area contributed by atoms with Crippen molar-refractivity contribution in [2.45, 2.75) is 39.7 Å². The average Bonchev–Trinajstić information content (AvgIpc) is 2.36. The Bertz CT molecular complexity index is 338. The second-order valence-electron chi connectivity index (χ2n) is 4.69. The Labute approximate surface area is 79.1 Å². The molecule has 2 nitrogen and oxygen atoms in total. The monoisotopic (exact) mass is 179 g/mol. The molecule has 0 spiro atoms. The van der Waals surface area contributed by atoms with Gasteiger partial charge in [0.15, 0.2) is 0 Å². The van der Waals surface area contributed by atoms with Gasteiger partial charge in [0, 0.05) is 12.0 Å². The Morgan fingerprint density at radius 3 is 2.23 bits per heavy atom. The van der Waals surface area contributed by atoms with Crippen LogP contribution in [0, 0.1) is 19.3 Å². The van der Waals surface area contributed by atoms with Crippen molar-refractivity contribution in [2.24, 2.45) is 11.1 Å². The van der Waals surface area contributed by atoms with E-state index in [1.54, 1.807) is 0 Å². The van der Waals surface area contributed by atoms with E-state index in [4.69, 9.17) is 10.2 Å². The minimum atomic E-state index is 0.251. The van der Waals surface area contributed by atoms with Crippen LogP contribution in [0.25, 0.3) is 0 Å². The molecule has 1 aliphatic rings. The zero-order valence-corrected chi connectivity index (χ0v) is 8.72. The summed E-state index contributed by atoms with van der Waals surface area (Å²) in [6, 6.07) is 2.41. The number of rotatable bonds is 1. The molecule has 0 aromatic carbocycles. The van der Waals surface area contributed by atoms with Gasteiger partial charge in [-0.15, -0.1) is 0 Å². The van der Waals surface area contributed by atoms with Crippen LogP contribution in [0.15, 0.2) is 10.5 Å². The summed E-state index contributed by atoms with van der Waals surface area (Å²) in [7, 11) is 0. The van der Waals surface area contributed by atoms with Crippen LogP contribution in [0.3, 0.4) is 0 Å². The van der Waals surface area contributed by atoms with Gasteiger partial charge in [0.05, 0.1) is 0 Å². The molecule has 1 aromatic heterocycles. The molecule has 1 fully saturated rings. The van der Waals surface area contributed by atoms with Gasteiger partial charge >= 0.3 is 0 Å². The molecular formula is C11H17NO. The van der Waals surface area contributed by atoms with Crippen molar-refractivity contribution in [1.82, 2.24) is 0 Å². The molecule has 0 radical (unpaired) electrons. The van der Waals surface area contributed by atoms with Gasteiger partial charge in [0.25, 0.3) is 0 Å². The first-order valence-electron chi connectivity index (χ1n) is 4.77. The van der Waals surface area contributed by atoms with Gasteiger partial charge in [-0.25, -0.2) is 0 Å². The number of aryl methyl sites for hydroxylation is 2. The molecule has 2 heteroatoms. The fourth-order valence-corrected chi connectivity index (χ4v) is 2.23. The molecule has 0 saturated heterocycles. The van der Waals surface area contributed by atoms with Crippen LogP contribution in [0.1, 0.15) is 36.8 Å². The summed E-state index contributed by atoms with van der Waals surface area (Å²) in [6.07, 6.45) is 0. The highest BCUT2D eigenvalue weighted by Gasteiger charge is 2.57. The molecule has 1 aliphatic carbocycles. The molecule has 1 heterocycles. The van der Waals surface area contributed by atoms with Gasteiger partial charge in [0.2, 0.25) is 0 Å². The maximum atomic E-state index is 6.01. The van der Waals surface area contributed by atoms with E-state index in [0.29, 0.717) is 12.0 Å². The maximum Gasteiger partial charge on any atom is 0.104 e. The van der Waals surface area contributed by atoms with E-state index >= 15 is 0 Å². The minimum absolute atomic E-state index is 0.251. The third kappa shape index (κ3) is 1.12. The van der Waals surface area contributed by atoms with Crippen LogP contribution in [-0.2, 0) is 0 Å². The van der Waals surface area contributed by atoms with Crippen molar-refractivity contribution in [3.8, 4) is 0 Å². The summed E-state index contributed by atoms with van der Waals surface area (Å²) < 4.78 is 5.50. The van der Waals surface area contributed by atoms with Gasteiger partial charge in [-0.2, -0.15) is 0 Å². The summed E-state index contributed by atoms with van der Waals surface area (Å²) >= 11 is 0. The number of hydrogen-bond donors (Lipinski definition) is 1. The average molecular weight is 179 g/mol. The fourth-order valence-electron chi connectivity index (χ4n) is 2.23. The smallest absolute Gasteiger partial charge is 0.104 e. The predicted molar refractivity (Wildman–Crippen MR) is 52.7 cm³/mol. The molecule has 2 rings (SSSR count). The normalized spacial score (nSPS) is 30.5. The van der Waals surface area contributed by atoms with Crippen LogP contribution >= 0.6 is 0 Å². The Morgan fingerprint density at radius 1 is 1.38 bits per heavy atom. The quantitative estimate of drug-likeness (QED) is 0.718. The number of furan rings is 1. The molecule has 0 aliphatic heterocycles. The Balaban J connectivity index is 2.34. The summed E-state index contributed by atoms with van der Waals surface area (Å²) in [5, 5.41) is 0. The first-order chi connectivity index (χ1) is 5.94. The number of hydrogen-bond acceptors (Lipinski definition) is 2. The topological polar surface area (TPSA) is 39.2 Å². The van der Waals surface area contributed by atoms with Gasteiger partial charge in [-0.05, 0) is 30.9 Å². The SMILES string of the molecule is Cc1cc(C2C(N)C2(C)C)c(C)o1. The highest BCUT2D eigenvalue weighted by atomic mass is 16.3. The summed E-state index contributed by atoms with van der Waals surface area (Å²) in [5.74, 6) is 2.51.